The normalized spacial score (nSPS) is 13.6. The first-order valence-electron chi connectivity index (χ1n) is 13.4. The maximum Gasteiger partial charge on any atom is 0.123 e. The highest BCUT2D eigenvalue weighted by Crippen LogP contribution is 2.48. The Morgan fingerprint density at radius 1 is 0.625 bits per heavy atom. The first-order valence-corrected chi connectivity index (χ1v) is 13.4. The summed E-state index contributed by atoms with van der Waals surface area (Å²) in [5.41, 5.74) is 3.94. The number of aryl methyl sites for hydroxylation is 1. The molecule has 1 rings (SSSR count). The Bertz CT molecular complexity index is 648. The Labute approximate surface area is 201 Å². The molecule has 0 saturated heterocycles. The van der Waals surface area contributed by atoms with Crippen molar-refractivity contribution in [3.63, 3.8) is 0 Å². The monoisotopic (exact) mass is 444 g/mol. The van der Waals surface area contributed by atoms with Crippen LogP contribution < -0.4 is 0 Å². The molecule has 0 heterocycles. The summed E-state index contributed by atoms with van der Waals surface area (Å²) in [4.78, 5) is 0. The minimum atomic E-state index is -0.0622. The van der Waals surface area contributed by atoms with Crippen molar-refractivity contribution < 1.29 is 5.11 Å². The van der Waals surface area contributed by atoms with E-state index < -0.39 is 0 Å². The van der Waals surface area contributed by atoms with Crippen molar-refractivity contribution >= 4 is 0 Å². The number of benzene rings is 1. The zero-order valence-electron chi connectivity index (χ0n) is 23.7. The number of rotatable bonds is 14. The summed E-state index contributed by atoms with van der Waals surface area (Å²) >= 11 is 0. The molecule has 1 nitrogen and oxygen atoms in total. The van der Waals surface area contributed by atoms with Gasteiger partial charge in [0, 0.05) is 11.1 Å². The molecule has 1 N–H and O–H groups in total. The molecule has 1 heteroatoms. The Hall–Kier alpha value is -0.980. The zero-order chi connectivity index (χ0) is 24.8. The molecule has 0 saturated carbocycles. The van der Waals surface area contributed by atoms with Gasteiger partial charge in [-0.2, -0.15) is 0 Å². The van der Waals surface area contributed by atoms with Gasteiger partial charge in [-0.25, -0.2) is 0 Å². The Morgan fingerprint density at radius 3 is 1.28 bits per heavy atom. The van der Waals surface area contributed by atoms with Crippen molar-refractivity contribution in [3.8, 4) is 5.75 Å². The largest absolute Gasteiger partial charge is 0.507 e. The lowest BCUT2D eigenvalue weighted by atomic mass is 9.66. The summed E-state index contributed by atoms with van der Waals surface area (Å²) in [7, 11) is 0. The lowest BCUT2D eigenvalue weighted by molar-refractivity contribution is 0.222. The molecule has 0 amide bonds. The summed E-state index contributed by atoms with van der Waals surface area (Å²) in [5, 5.41) is 11.6. The maximum absolute atomic E-state index is 11.6. The van der Waals surface area contributed by atoms with Gasteiger partial charge in [0.1, 0.15) is 5.75 Å². The van der Waals surface area contributed by atoms with Crippen molar-refractivity contribution in [1.82, 2.24) is 0 Å². The average molecular weight is 445 g/mol. The topological polar surface area (TPSA) is 20.2 Å². The minimum Gasteiger partial charge on any atom is -0.507 e. The van der Waals surface area contributed by atoms with Crippen LogP contribution in [0.3, 0.4) is 0 Å². The van der Waals surface area contributed by atoms with E-state index in [1.165, 1.54) is 56.9 Å². The first-order chi connectivity index (χ1) is 14.6. The quantitative estimate of drug-likeness (QED) is 0.283. The van der Waals surface area contributed by atoms with Crippen molar-refractivity contribution in [2.75, 3.05) is 0 Å². The molecule has 186 valence electrons. The predicted molar refractivity (Wildman–Crippen MR) is 144 cm³/mol. The molecule has 32 heavy (non-hydrogen) atoms. The van der Waals surface area contributed by atoms with Gasteiger partial charge in [0.05, 0.1) is 0 Å². The fourth-order valence-electron chi connectivity index (χ4n) is 6.28. The van der Waals surface area contributed by atoms with E-state index in [4.69, 9.17) is 0 Å². The molecule has 0 unspecified atom stereocenters. The molecule has 0 radical (unpaired) electrons. The maximum atomic E-state index is 11.6. The van der Waals surface area contributed by atoms with Crippen LogP contribution in [-0.4, -0.2) is 5.11 Å². The third kappa shape index (κ3) is 8.75. The van der Waals surface area contributed by atoms with Gasteiger partial charge in [-0.15, -0.1) is 0 Å². The number of phenols is 1. The summed E-state index contributed by atoms with van der Waals surface area (Å²) in [6.07, 6.45) is 12.4. The zero-order valence-corrected chi connectivity index (χ0v) is 23.7. The Morgan fingerprint density at radius 2 is 0.969 bits per heavy atom. The molecule has 0 aliphatic heterocycles. The fourth-order valence-corrected chi connectivity index (χ4v) is 6.28. The lowest BCUT2D eigenvalue weighted by Gasteiger charge is -2.39. The van der Waals surface area contributed by atoms with E-state index in [1.807, 2.05) is 0 Å². The van der Waals surface area contributed by atoms with Gasteiger partial charge in [-0.3, -0.25) is 0 Å². The van der Waals surface area contributed by atoms with Gasteiger partial charge in [0.25, 0.3) is 0 Å². The van der Waals surface area contributed by atoms with Gasteiger partial charge < -0.3 is 5.11 Å². The van der Waals surface area contributed by atoms with Crippen LogP contribution in [0.1, 0.15) is 150 Å². The van der Waals surface area contributed by atoms with E-state index >= 15 is 0 Å². The van der Waals surface area contributed by atoms with Gasteiger partial charge in [0.2, 0.25) is 0 Å². The highest BCUT2D eigenvalue weighted by atomic mass is 16.3. The van der Waals surface area contributed by atoms with E-state index in [2.05, 4.69) is 88.3 Å². The van der Waals surface area contributed by atoms with E-state index in [1.54, 1.807) is 0 Å². The SMILES string of the molecule is CCCCCC(C)(C)CC(C)(C)c1cc(C)cc(C(C)(C)CC(C)(C)CCCCC)c1O. The predicted octanol–water partition coefficient (Wildman–Crippen LogP) is 10.2. The third-order valence-corrected chi connectivity index (χ3v) is 7.47. The number of phenolic OH excluding ortho intramolecular Hbond substituents is 1. The van der Waals surface area contributed by atoms with Crippen molar-refractivity contribution in [2.24, 2.45) is 10.8 Å². The van der Waals surface area contributed by atoms with E-state index in [0.29, 0.717) is 5.75 Å². The smallest absolute Gasteiger partial charge is 0.123 e. The van der Waals surface area contributed by atoms with Crippen LogP contribution >= 0.6 is 0 Å². The van der Waals surface area contributed by atoms with Gasteiger partial charge in [0.15, 0.2) is 0 Å². The highest BCUT2D eigenvalue weighted by molar-refractivity contribution is 5.50. The molecule has 0 aliphatic rings. The van der Waals surface area contributed by atoms with Crippen LogP contribution in [0, 0.1) is 17.8 Å². The van der Waals surface area contributed by atoms with Crippen molar-refractivity contribution in [1.29, 1.82) is 0 Å². The van der Waals surface area contributed by atoms with E-state index in [0.717, 1.165) is 24.0 Å². The number of hydrogen-bond acceptors (Lipinski definition) is 1. The summed E-state index contributed by atoms with van der Waals surface area (Å²) in [6, 6.07) is 4.48. The summed E-state index contributed by atoms with van der Waals surface area (Å²) < 4.78 is 0. The Kier molecular flexibility index (Phi) is 10.4. The summed E-state index contributed by atoms with van der Waals surface area (Å²) in [6.45, 7) is 25.7. The second kappa shape index (κ2) is 11.4. The second-order valence-corrected chi connectivity index (χ2v) is 13.6. The van der Waals surface area contributed by atoms with Gasteiger partial charge in [-0.05, 0) is 54.3 Å². The molecule has 0 aliphatic carbocycles. The van der Waals surface area contributed by atoms with Crippen LogP contribution in [0.4, 0.5) is 0 Å². The van der Waals surface area contributed by atoms with Crippen LogP contribution in [0.25, 0.3) is 0 Å². The van der Waals surface area contributed by atoms with Gasteiger partial charge in [-0.1, -0.05) is 125 Å². The second-order valence-electron chi connectivity index (χ2n) is 13.6. The molecule has 0 fully saturated rings. The number of aromatic hydroxyl groups is 1. The summed E-state index contributed by atoms with van der Waals surface area (Å²) in [5.74, 6) is 0.541. The van der Waals surface area contributed by atoms with Crippen LogP contribution in [0.15, 0.2) is 12.1 Å². The molecule has 0 spiro atoms. The third-order valence-electron chi connectivity index (χ3n) is 7.47. The molecular weight excluding hydrogens is 388 g/mol. The van der Waals surface area contributed by atoms with Crippen LogP contribution in [0.5, 0.6) is 5.75 Å². The fraction of sp³-hybridized carbons (Fsp3) is 0.806. The average Bonchev–Trinajstić information content (AvgIpc) is 2.61. The van der Waals surface area contributed by atoms with E-state index in [9.17, 15) is 5.11 Å². The van der Waals surface area contributed by atoms with Crippen molar-refractivity contribution in [3.05, 3.63) is 28.8 Å². The molecule has 0 atom stereocenters. The lowest BCUT2D eigenvalue weighted by Crippen LogP contribution is -2.30. The van der Waals surface area contributed by atoms with Crippen LogP contribution in [0.2, 0.25) is 0 Å². The molecule has 1 aromatic carbocycles. The highest BCUT2D eigenvalue weighted by Gasteiger charge is 2.36. The standard InChI is InChI=1S/C31H56O/c1-12-14-16-18-28(4,5)22-30(8,9)25-20-24(3)21-26(27(25)32)31(10,11)23-29(6,7)19-17-15-13-2/h20-21,32H,12-19,22-23H2,1-11H3. The van der Waals surface area contributed by atoms with Gasteiger partial charge >= 0.3 is 0 Å². The van der Waals surface area contributed by atoms with Crippen molar-refractivity contribution in [2.45, 2.75) is 151 Å². The Balaban J connectivity index is 3.22. The number of unbranched alkanes of at least 4 members (excludes halogenated alkanes) is 4. The molecule has 0 aromatic heterocycles. The molecular formula is C31H56O. The number of hydrogen-bond donors (Lipinski definition) is 1. The molecule has 1 aromatic rings. The van der Waals surface area contributed by atoms with E-state index in [-0.39, 0.29) is 21.7 Å². The van der Waals surface area contributed by atoms with Crippen LogP contribution in [-0.2, 0) is 10.8 Å². The first kappa shape index (κ1) is 29.1. The minimum absolute atomic E-state index is 0.0622. The molecule has 0 bridgehead atoms.